The van der Waals surface area contributed by atoms with Crippen molar-refractivity contribution in [3.63, 3.8) is 0 Å². The lowest BCUT2D eigenvalue weighted by molar-refractivity contribution is 0.161. The Morgan fingerprint density at radius 2 is 1.81 bits per heavy atom. The summed E-state index contributed by atoms with van der Waals surface area (Å²) in [5.41, 5.74) is 7.58. The van der Waals surface area contributed by atoms with Crippen molar-refractivity contribution < 1.29 is 0 Å². The Labute approximate surface area is 129 Å². The number of piperidine rings is 1. The van der Waals surface area contributed by atoms with Gasteiger partial charge in [0, 0.05) is 25.2 Å². The molecule has 2 atom stereocenters. The van der Waals surface area contributed by atoms with Gasteiger partial charge in [-0.1, -0.05) is 36.8 Å². The second-order valence-corrected chi connectivity index (χ2v) is 6.65. The van der Waals surface area contributed by atoms with Gasteiger partial charge in [-0.05, 0) is 50.9 Å². The van der Waals surface area contributed by atoms with E-state index in [-0.39, 0.29) is 6.04 Å². The molecule has 1 aromatic rings. The lowest BCUT2D eigenvalue weighted by atomic mass is 10.0. The molecule has 3 heteroatoms. The van der Waals surface area contributed by atoms with Crippen molar-refractivity contribution in [3.8, 4) is 0 Å². The number of nitrogens with two attached hydrogens (primary N) is 1. The minimum Gasteiger partial charge on any atom is -0.324 e. The summed E-state index contributed by atoms with van der Waals surface area (Å²) in [6.07, 6.45) is 6.64. The van der Waals surface area contributed by atoms with Crippen LogP contribution in [0.1, 0.15) is 43.7 Å². The van der Waals surface area contributed by atoms with Crippen LogP contribution < -0.4 is 5.73 Å². The summed E-state index contributed by atoms with van der Waals surface area (Å²) in [5, 5.41) is 0. The fraction of sp³-hybridized carbons (Fsp3) is 0.667. The van der Waals surface area contributed by atoms with Gasteiger partial charge in [-0.2, -0.15) is 0 Å². The van der Waals surface area contributed by atoms with E-state index < -0.39 is 0 Å². The van der Waals surface area contributed by atoms with Crippen LogP contribution in [0.2, 0.25) is 0 Å². The summed E-state index contributed by atoms with van der Waals surface area (Å²) < 4.78 is 0. The average Bonchev–Trinajstić information content (AvgIpc) is 3.03. The molecule has 1 aromatic carbocycles. The maximum atomic E-state index is 6.31. The van der Waals surface area contributed by atoms with Crippen LogP contribution >= 0.6 is 0 Å². The maximum Gasteiger partial charge on any atom is 0.0307 e. The fourth-order valence-corrected chi connectivity index (χ4v) is 3.79. The molecule has 3 rings (SSSR count). The van der Waals surface area contributed by atoms with Crippen molar-refractivity contribution in [2.75, 3.05) is 32.7 Å². The molecule has 2 unspecified atom stereocenters. The van der Waals surface area contributed by atoms with E-state index in [1.165, 1.54) is 57.4 Å². The lowest BCUT2D eigenvalue weighted by Gasteiger charge is -2.32. The Hall–Kier alpha value is -0.900. The van der Waals surface area contributed by atoms with Gasteiger partial charge in [0.2, 0.25) is 0 Å². The van der Waals surface area contributed by atoms with Crippen LogP contribution in [-0.2, 0) is 0 Å². The highest BCUT2D eigenvalue weighted by atomic mass is 15.3. The number of likely N-dealkylation sites (tertiary alicyclic amines) is 2. The standard InChI is InChI=1S/C18H29N3/c19-18(16-7-3-1-4-8-16)10-14-20-13-9-17(15-20)21-11-5-2-6-12-21/h1,3-4,7-8,17-18H,2,5-6,9-15,19H2. The Morgan fingerprint density at radius 3 is 2.57 bits per heavy atom. The van der Waals surface area contributed by atoms with Crippen LogP contribution in [0.15, 0.2) is 30.3 Å². The molecule has 116 valence electrons. The molecule has 0 aliphatic carbocycles. The molecule has 2 N–H and O–H groups in total. The Bertz CT molecular complexity index is 414. The van der Waals surface area contributed by atoms with Gasteiger partial charge in [0.1, 0.15) is 0 Å². The predicted molar refractivity (Wildman–Crippen MR) is 88.3 cm³/mol. The first kappa shape index (κ1) is 15.0. The minimum absolute atomic E-state index is 0.181. The lowest BCUT2D eigenvalue weighted by Crippen LogP contribution is -2.41. The molecular weight excluding hydrogens is 258 g/mol. The van der Waals surface area contributed by atoms with Crippen LogP contribution in [0.25, 0.3) is 0 Å². The molecule has 2 saturated heterocycles. The SMILES string of the molecule is NC(CCN1CCC(N2CCCCC2)C1)c1ccccc1. The third-order valence-electron chi connectivity index (χ3n) is 5.14. The fourth-order valence-electron chi connectivity index (χ4n) is 3.79. The van der Waals surface area contributed by atoms with Crippen LogP contribution in [-0.4, -0.2) is 48.6 Å². The van der Waals surface area contributed by atoms with Crippen molar-refractivity contribution in [2.45, 2.75) is 44.2 Å². The minimum atomic E-state index is 0.181. The van der Waals surface area contributed by atoms with Crippen LogP contribution in [0.3, 0.4) is 0 Å². The molecular formula is C18H29N3. The summed E-state index contributed by atoms with van der Waals surface area (Å²) >= 11 is 0. The van der Waals surface area contributed by atoms with Gasteiger partial charge in [0.15, 0.2) is 0 Å². The van der Waals surface area contributed by atoms with E-state index in [0.717, 1.165) is 19.0 Å². The summed E-state index contributed by atoms with van der Waals surface area (Å²) in [6.45, 7) is 6.29. The highest BCUT2D eigenvalue weighted by molar-refractivity contribution is 5.18. The van der Waals surface area contributed by atoms with Gasteiger partial charge >= 0.3 is 0 Å². The highest BCUT2D eigenvalue weighted by Crippen LogP contribution is 2.21. The summed E-state index contributed by atoms with van der Waals surface area (Å²) in [4.78, 5) is 5.34. The van der Waals surface area contributed by atoms with Gasteiger partial charge in [-0.15, -0.1) is 0 Å². The third-order valence-corrected chi connectivity index (χ3v) is 5.14. The zero-order valence-corrected chi connectivity index (χ0v) is 13.1. The molecule has 2 aliphatic heterocycles. The molecule has 2 aliphatic rings. The third kappa shape index (κ3) is 4.06. The molecule has 3 nitrogen and oxygen atoms in total. The normalized spacial score (nSPS) is 26.0. The summed E-state index contributed by atoms with van der Waals surface area (Å²) in [7, 11) is 0. The topological polar surface area (TPSA) is 32.5 Å². The van der Waals surface area contributed by atoms with E-state index in [9.17, 15) is 0 Å². The van der Waals surface area contributed by atoms with Gasteiger partial charge in [0.25, 0.3) is 0 Å². The molecule has 2 heterocycles. The highest BCUT2D eigenvalue weighted by Gasteiger charge is 2.28. The number of hydrogen-bond acceptors (Lipinski definition) is 3. The molecule has 0 radical (unpaired) electrons. The van der Waals surface area contributed by atoms with Crippen LogP contribution in [0.4, 0.5) is 0 Å². The van der Waals surface area contributed by atoms with E-state index >= 15 is 0 Å². The van der Waals surface area contributed by atoms with Gasteiger partial charge < -0.3 is 10.6 Å². The van der Waals surface area contributed by atoms with Gasteiger partial charge in [-0.3, -0.25) is 4.90 Å². The second kappa shape index (κ2) is 7.39. The maximum absolute atomic E-state index is 6.31. The predicted octanol–water partition coefficient (Wildman–Crippen LogP) is 2.64. The largest absolute Gasteiger partial charge is 0.324 e. The first-order valence-corrected chi connectivity index (χ1v) is 8.60. The van der Waals surface area contributed by atoms with E-state index in [2.05, 4.69) is 40.1 Å². The molecule has 0 saturated carbocycles. The number of benzene rings is 1. The van der Waals surface area contributed by atoms with E-state index in [1.807, 2.05) is 0 Å². The Kier molecular flexibility index (Phi) is 5.28. The molecule has 0 aromatic heterocycles. The Morgan fingerprint density at radius 1 is 1.05 bits per heavy atom. The first-order valence-electron chi connectivity index (χ1n) is 8.60. The van der Waals surface area contributed by atoms with E-state index in [0.29, 0.717) is 0 Å². The van der Waals surface area contributed by atoms with Crippen molar-refractivity contribution in [1.29, 1.82) is 0 Å². The molecule has 0 spiro atoms. The zero-order valence-electron chi connectivity index (χ0n) is 13.1. The van der Waals surface area contributed by atoms with Crippen molar-refractivity contribution in [2.24, 2.45) is 5.73 Å². The average molecular weight is 287 g/mol. The van der Waals surface area contributed by atoms with Gasteiger partial charge in [0.05, 0.1) is 0 Å². The van der Waals surface area contributed by atoms with Crippen molar-refractivity contribution in [3.05, 3.63) is 35.9 Å². The van der Waals surface area contributed by atoms with Crippen LogP contribution in [0.5, 0.6) is 0 Å². The van der Waals surface area contributed by atoms with Crippen molar-refractivity contribution >= 4 is 0 Å². The molecule has 2 fully saturated rings. The van der Waals surface area contributed by atoms with E-state index in [4.69, 9.17) is 5.73 Å². The monoisotopic (exact) mass is 287 g/mol. The van der Waals surface area contributed by atoms with Crippen LogP contribution in [0, 0.1) is 0 Å². The van der Waals surface area contributed by atoms with Gasteiger partial charge in [-0.25, -0.2) is 0 Å². The quantitative estimate of drug-likeness (QED) is 0.903. The van der Waals surface area contributed by atoms with E-state index in [1.54, 1.807) is 0 Å². The Balaban J connectivity index is 1.42. The smallest absolute Gasteiger partial charge is 0.0307 e. The number of hydrogen-bond donors (Lipinski definition) is 1. The number of nitrogens with zero attached hydrogens (tertiary/aromatic N) is 2. The van der Waals surface area contributed by atoms with Crippen molar-refractivity contribution in [1.82, 2.24) is 9.80 Å². The zero-order chi connectivity index (χ0) is 14.5. The molecule has 0 bridgehead atoms. The first-order chi connectivity index (χ1) is 10.3. The summed E-state index contributed by atoms with van der Waals surface area (Å²) in [6, 6.07) is 11.5. The molecule has 0 amide bonds. The number of rotatable bonds is 5. The second-order valence-electron chi connectivity index (χ2n) is 6.65. The summed E-state index contributed by atoms with van der Waals surface area (Å²) in [5.74, 6) is 0. The molecule has 21 heavy (non-hydrogen) atoms.